The number of carbonyl (C=O) groups excluding carboxylic acids is 4. The predicted octanol–water partition coefficient (Wildman–Crippen LogP) is 24.4. The van der Waals surface area contributed by atoms with Crippen LogP contribution in [0, 0.1) is 5.92 Å². The number of hydrogen-bond acceptors (Lipinski definition) is 15. The minimum Gasteiger partial charge on any atom is -0.462 e. The van der Waals surface area contributed by atoms with Crippen LogP contribution in [-0.4, -0.2) is 96.7 Å². The molecule has 19 heteroatoms. The van der Waals surface area contributed by atoms with Crippen molar-refractivity contribution in [2.24, 2.45) is 5.92 Å². The van der Waals surface area contributed by atoms with Gasteiger partial charge in [0.15, 0.2) is 12.2 Å². The third-order valence-electron chi connectivity index (χ3n) is 18.7. The molecule has 0 aliphatic carbocycles. The number of unbranched alkanes of at least 4 members (excludes halogenated alkanes) is 49. The van der Waals surface area contributed by atoms with E-state index in [2.05, 4.69) is 58.9 Å². The quantitative estimate of drug-likeness (QED) is 0.0169. The maximum Gasteiger partial charge on any atom is 0.472 e. The summed E-state index contributed by atoms with van der Waals surface area (Å²) in [5.74, 6) is -1.33. The van der Waals surface area contributed by atoms with Crippen molar-refractivity contribution in [2.45, 2.75) is 432 Å². The van der Waals surface area contributed by atoms with Crippen molar-refractivity contribution >= 4 is 39.5 Å². The Morgan fingerprint density at radius 1 is 0.307 bits per heavy atom. The van der Waals surface area contributed by atoms with Crippen LogP contribution in [0.15, 0.2) is 24.3 Å². The number of esters is 4. The normalized spacial score (nSPS) is 14.0. The standard InChI is InChI=1S/C82H156O17P2/c1-6-9-12-15-18-20-22-24-26-27-28-29-30-36-40-44-48-53-58-63-68-82(87)99-78(72-93-80(85)66-61-56-51-46-42-38-35-32-31-34-37-41-45-50-54-59-64-75(4)5)74-97-101(90,91)95-70-76(83)69-94-100(88,89)96-73-77(71-92-79(84)65-60-55-49-17-14-11-8-3)98-81(86)67-62-57-52-47-43-39-33-25-23-21-19-16-13-10-7-2/h21,23,25,33,75-78,83H,6-20,22,24,26-32,34-74H2,1-5H3,(H,88,89)(H,90,91)/b23-21-,33-25-/t76-,77+,78+/m0/s1. The van der Waals surface area contributed by atoms with Crippen LogP contribution >= 0.6 is 15.6 Å². The molecule has 0 fully saturated rings. The summed E-state index contributed by atoms with van der Waals surface area (Å²) in [6.07, 6.45) is 69.0. The Morgan fingerprint density at radius 3 is 0.812 bits per heavy atom. The number of aliphatic hydroxyl groups is 1. The van der Waals surface area contributed by atoms with E-state index in [0.717, 1.165) is 121 Å². The van der Waals surface area contributed by atoms with E-state index in [-0.39, 0.29) is 25.7 Å². The van der Waals surface area contributed by atoms with E-state index in [0.29, 0.717) is 25.7 Å². The lowest BCUT2D eigenvalue weighted by atomic mass is 10.0. The lowest BCUT2D eigenvalue weighted by molar-refractivity contribution is -0.161. The van der Waals surface area contributed by atoms with E-state index in [1.807, 2.05) is 0 Å². The summed E-state index contributed by atoms with van der Waals surface area (Å²) in [5, 5.41) is 10.6. The van der Waals surface area contributed by atoms with Crippen LogP contribution in [-0.2, 0) is 65.4 Å². The molecule has 2 unspecified atom stereocenters. The molecular formula is C82H156O17P2. The van der Waals surface area contributed by atoms with Crippen LogP contribution in [0.5, 0.6) is 0 Å². The van der Waals surface area contributed by atoms with Gasteiger partial charge in [-0.05, 0) is 57.3 Å². The molecule has 0 aliphatic rings. The summed E-state index contributed by atoms with van der Waals surface area (Å²) in [6, 6.07) is 0. The van der Waals surface area contributed by atoms with Crippen LogP contribution in [0.3, 0.4) is 0 Å². The zero-order chi connectivity index (χ0) is 74.1. The second-order valence-corrected chi connectivity index (χ2v) is 32.2. The maximum atomic E-state index is 13.1. The molecule has 0 radical (unpaired) electrons. The Hall–Kier alpha value is -2.46. The first-order valence-corrected chi connectivity index (χ1v) is 44.9. The van der Waals surface area contributed by atoms with Crippen LogP contribution < -0.4 is 0 Å². The smallest absolute Gasteiger partial charge is 0.462 e. The van der Waals surface area contributed by atoms with Gasteiger partial charge in [0.2, 0.25) is 0 Å². The molecule has 0 spiro atoms. The van der Waals surface area contributed by atoms with Gasteiger partial charge in [-0.3, -0.25) is 37.3 Å². The number of carbonyl (C=O) groups is 4. The van der Waals surface area contributed by atoms with Gasteiger partial charge in [-0.25, -0.2) is 9.13 Å². The number of rotatable bonds is 80. The minimum absolute atomic E-state index is 0.0851. The fourth-order valence-corrected chi connectivity index (χ4v) is 13.8. The van der Waals surface area contributed by atoms with Gasteiger partial charge in [-0.2, -0.15) is 0 Å². The SMILES string of the molecule is CCCCCC/C=C\C=C/CCCCCCCC(=O)O[C@H](COC(=O)CCCCCCCCC)COP(=O)(O)OC[C@H](O)COP(=O)(O)OC[C@@H](COC(=O)CCCCCCCCCCCCCCCCCCC(C)C)OC(=O)CCCCCCCCCCCCCCCCCCCCCC. The molecule has 17 nitrogen and oxygen atoms in total. The van der Waals surface area contributed by atoms with Crippen LogP contribution in [0.1, 0.15) is 413 Å². The van der Waals surface area contributed by atoms with Crippen LogP contribution in [0.25, 0.3) is 0 Å². The molecule has 0 saturated heterocycles. The van der Waals surface area contributed by atoms with Gasteiger partial charge in [0.1, 0.15) is 19.3 Å². The van der Waals surface area contributed by atoms with Gasteiger partial charge in [-0.1, -0.05) is 361 Å². The number of phosphoric ester groups is 2. The predicted molar refractivity (Wildman–Crippen MR) is 414 cm³/mol. The van der Waals surface area contributed by atoms with E-state index in [1.54, 1.807) is 0 Å². The summed E-state index contributed by atoms with van der Waals surface area (Å²) < 4.78 is 68.6. The second kappa shape index (κ2) is 74.4. The third kappa shape index (κ3) is 75.6. The van der Waals surface area contributed by atoms with Crippen molar-refractivity contribution in [1.29, 1.82) is 0 Å². The molecular weight excluding hydrogens is 1320 g/mol. The summed E-state index contributed by atoms with van der Waals surface area (Å²) in [5.41, 5.74) is 0. The van der Waals surface area contributed by atoms with E-state index >= 15 is 0 Å². The molecule has 0 heterocycles. The Balaban J connectivity index is 5.20. The molecule has 0 aromatic carbocycles. The van der Waals surface area contributed by atoms with Gasteiger partial charge in [0, 0.05) is 25.7 Å². The fourth-order valence-electron chi connectivity index (χ4n) is 12.2. The molecule has 5 atom stereocenters. The zero-order valence-electron chi connectivity index (χ0n) is 65.5. The molecule has 0 rings (SSSR count). The van der Waals surface area contributed by atoms with E-state index in [4.69, 9.17) is 37.0 Å². The first-order valence-electron chi connectivity index (χ1n) is 42.0. The van der Waals surface area contributed by atoms with Gasteiger partial charge in [-0.15, -0.1) is 0 Å². The number of ether oxygens (including phenoxy) is 4. The molecule has 3 N–H and O–H groups in total. The summed E-state index contributed by atoms with van der Waals surface area (Å²) in [4.78, 5) is 72.9. The minimum atomic E-state index is -4.97. The topological polar surface area (TPSA) is 237 Å². The van der Waals surface area contributed by atoms with Gasteiger partial charge in [0.05, 0.1) is 26.4 Å². The monoisotopic (exact) mass is 1480 g/mol. The molecule has 0 amide bonds. The molecule has 0 aromatic rings. The van der Waals surface area contributed by atoms with E-state index < -0.39 is 97.5 Å². The highest BCUT2D eigenvalue weighted by Crippen LogP contribution is 2.45. The Labute approximate surface area is 618 Å². The Bertz CT molecular complexity index is 2020. The van der Waals surface area contributed by atoms with Crippen molar-refractivity contribution in [1.82, 2.24) is 0 Å². The molecule has 0 aromatic heterocycles. The largest absolute Gasteiger partial charge is 0.472 e. The third-order valence-corrected chi connectivity index (χ3v) is 20.6. The molecule has 0 bridgehead atoms. The van der Waals surface area contributed by atoms with Crippen molar-refractivity contribution in [2.75, 3.05) is 39.6 Å². The summed E-state index contributed by atoms with van der Waals surface area (Å²) >= 11 is 0. The molecule has 0 saturated carbocycles. The van der Waals surface area contributed by atoms with Gasteiger partial charge in [0.25, 0.3) is 0 Å². The fraction of sp³-hybridized carbons (Fsp3) is 0.902. The van der Waals surface area contributed by atoms with Crippen molar-refractivity contribution in [3.8, 4) is 0 Å². The van der Waals surface area contributed by atoms with Gasteiger partial charge >= 0.3 is 39.5 Å². The Morgan fingerprint density at radius 2 is 0.535 bits per heavy atom. The highest BCUT2D eigenvalue weighted by Gasteiger charge is 2.30. The number of aliphatic hydroxyl groups excluding tert-OH is 1. The first kappa shape index (κ1) is 98.5. The highest BCUT2D eigenvalue weighted by atomic mass is 31.2. The van der Waals surface area contributed by atoms with Crippen LogP contribution in [0.2, 0.25) is 0 Å². The Kier molecular flexibility index (Phi) is 72.6. The molecule has 0 aliphatic heterocycles. The van der Waals surface area contributed by atoms with Crippen molar-refractivity contribution < 1.29 is 80.2 Å². The second-order valence-electron chi connectivity index (χ2n) is 29.3. The highest BCUT2D eigenvalue weighted by molar-refractivity contribution is 7.47. The number of hydrogen-bond donors (Lipinski definition) is 3. The number of allylic oxidation sites excluding steroid dienone is 4. The average molecular weight is 1480 g/mol. The van der Waals surface area contributed by atoms with Crippen LogP contribution in [0.4, 0.5) is 0 Å². The van der Waals surface area contributed by atoms with E-state index in [1.165, 1.54) is 212 Å². The maximum absolute atomic E-state index is 13.1. The first-order chi connectivity index (χ1) is 49.0. The number of phosphoric acid groups is 2. The lowest BCUT2D eigenvalue weighted by Gasteiger charge is -2.21. The van der Waals surface area contributed by atoms with Gasteiger partial charge < -0.3 is 33.8 Å². The van der Waals surface area contributed by atoms with E-state index in [9.17, 15) is 43.2 Å². The summed E-state index contributed by atoms with van der Waals surface area (Å²) in [6.45, 7) is 7.25. The molecule has 101 heavy (non-hydrogen) atoms. The average Bonchev–Trinajstić information content (AvgIpc) is 0.941. The van der Waals surface area contributed by atoms with Crippen molar-refractivity contribution in [3.05, 3.63) is 24.3 Å². The lowest BCUT2D eigenvalue weighted by Crippen LogP contribution is -2.30. The zero-order valence-corrected chi connectivity index (χ0v) is 67.3. The molecule has 596 valence electrons. The summed E-state index contributed by atoms with van der Waals surface area (Å²) in [7, 11) is -9.93. The van der Waals surface area contributed by atoms with Crippen molar-refractivity contribution in [3.63, 3.8) is 0 Å².